The second-order valence-corrected chi connectivity index (χ2v) is 4.69. The van der Waals surface area contributed by atoms with Crippen molar-refractivity contribution in [2.24, 2.45) is 0 Å². The zero-order valence-corrected chi connectivity index (χ0v) is 11.4. The molecular formula is C12H11BrF3N3. The van der Waals surface area contributed by atoms with Crippen molar-refractivity contribution in [2.75, 3.05) is 0 Å². The van der Waals surface area contributed by atoms with Crippen molar-refractivity contribution in [3.63, 3.8) is 0 Å². The van der Waals surface area contributed by atoms with Gasteiger partial charge < -0.3 is 5.32 Å². The van der Waals surface area contributed by atoms with Crippen LogP contribution in [0.5, 0.6) is 0 Å². The Bertz CT molecular complexity index is 537. The highest BCUT2D eigenvalue weighted by Crippen LogP contribution is 2.19. The fourth-order valence-electron chi connectivity index (χ4n) is 1.66. The van der Waals surface area contributed by atoms with Crippen LogP contribution < -0.4 is 5.32 Å². The minimum Gasteiger partial charge on any atom is -0.306 e. The average Bonchev–Trinajstić information content (AvgIpc) is 2.81. The second-order valence-electron chi connectivity index (χ2n) is 3.83. The molecule has 1 N–H and O–H groups in total. The molecule has 1 aromatic carbocycles. The van der Waals surface area contributed by atoms with E-state index in [-0.39, 0.29) is 24.7 Å². The van der Waals surface area contributed by atoms with Gasteiger partial charge in [0.15, 0.2) is 0 Å². The highest BCUT2D eigenvalue weighted by atomic mass is 79.9. The minimum atomic E-state index is -2.63. The zero-order valence-electron chi connectivity index (χ0n) is 9.78. The number of halogens is 4. The third kappa shape index (κ3) is 3.36. The summed E-state index contributed by atoms with van der Waals surface area (Å²) in [6.07, 6.45) is 2.52. The largest absolute Gasteiger partial charge is 0.319 e. The van der Waals surface area contributed by atoms with Crippen molar-refractivity contribution in [2.45, 2.75) is 19.6 Å². The maximum Gasteiger partial charge on any atom is 0.319 e. The molecule has 1 aromatic heterocycles. The quantitative estimate of drug-likeness (QED) is 0.907. The van der Waals surface area contributed by atoms with Gasteiger partial charge in [-0.2, -0.15) is 8.78 Å². The molecule has 0 spiro atoms. The third-order valence-corrected chi connectivity index (χ3v) is 3.35. The molecule has 19 heavy (non-hydrogen) atoms. The average molecular weight is 334 g/mol. The molecule has 0 unspecified atom stereocenters. The lowest BCUT2D eigenvalue weighted by Gasteiger charge is -2.09. The Morgan fingerprint density at radius 1 is 1.32 bits per heavy atom. The Hall–Kier alpha value is -1.34. The van der Waals surface area contributed by atoms with Crippen molar-refractivity contribution in [3.8, 4) is 0 Å². The van der Waals surface area contributed by atoms with E-state index in [0.29, 0.717) is 10.0 Å². The van der Waals surface area contributed by atoms with Gasteiger partial charge in [-0.3, -0.25) is 4.57 Å². The van der Waals surface area contributed by atoms with Gasteiger partial charge in [-0.25, -0.2) is 9.37 Å². The summed E-state index contributed by atoms with van der Waals surface area (Å²) in [7, 11) is 0. The molecule has 1 heterocycles. The van der Waals surface area contributed by atoms with Crippen LogP contribution in [0.4, 0.5) is 13.2 Å². The van der Waals surface area contributed by atoms with E-state index in [2.05, 4.69) is 26.2 Å². The first-order chi connectivity index (χ1) is 9.09. The van der Waals surface area contributed by atoms with Gasteiger partial charge in [-0.1, -0.05) is 22.0 Å². The summed E-state index contributed by atoms with van der Waals surface area (Å²) in [5.74, 6) is -0.137. The van der Waals surface area contributed by atoms with Crippen LogP contribution in [0.25, 0.3) is 0 Å². The smallest absolute Gasteiger partial charge is 0.306 e. The number of nitrogens with one attached hydrogen (secondary N) is 1. The Morgan fingerprint density at radius 2 is 2.11 bits per heavy atom. The third-order valence-electron chi connectivity index (χ3n) is 2.61. The zero-order chi connectivity index (χ0) is 13.8. The monoisotopic (exact) mass is 333 g/mol. The molecule has 0 bridgehead atoms. The summed E-state index contributed by atoms with van der Waals surface area (Å²) in [5.41, 5.74) is 0.456. The molecule has 2 aromatic rings. The first-order valence-electron chi connectivity index (χ1n) is 5.53. The summed E-state index contributed by atoms with van der Waals surface area (Å²) in [6.45, 7) is -2.26. The van der Waals surface area contributed by atoms with Crippen molar-refractivity contribution in [1.82, 2.24) is 14.9 Å². The number of hydrogen-bond acceptors (Lipinski definition) is 2. The van der Waals surface area contributed by atoms with Crippen LogP contribution in [0, 0.1) is 5.82 Å². The molecule has 0 aliphatic rings. The fourth-order valence-corrected chi connectivity index (χ4v) is 2.14. The predicted octanol–water partition coefficient (Wildman–Crippen LogP) is 3.47. The molecule has 0 atom stereocenters. The molecular weight excluding hydrogens is 323 g/mol. The van der Waals surface area contributed by atoms with Gasteiger partial charge in [0.05, 0.1) is 6.54 Å². The Morgan fingerprint density at radius 3 is 2.79 bits per heavy atom. The van der Waals surface area contributed by atoms with E-state index in [1.165, 1.54) is 18.5 Å². The standard InChI is InChI=1S/C12H11BrF3N3/c13-9-2-1-3-10(14)8(9)6-17-7-11-18-4-5-19(11)12(15)16/h1-5,12,17H,6-7H2. The van der Waals surface area contributed by atoms with Crippen molar-refractivity contribution in [3.05, 3.63) is 52.3 Å². The van der Waals surface area contributed by atoms with Crippen LogP contribution in [0.2, 0.25) is 0 Å². The lowest BCUT2D eigenvalue weighted by Crippen LogP contribution is -2.18. The van der Waals surface area contributed by atoms with Crippen molar-refractivity contribution >= 4 is 15.9 Å². The van der Waals surface area contributed by atoms with Crippen LogP contribution in [0.1, 0.15) is 17.9 Å². The highest BCUT2D eigenvalue weighted by Gasteiger charge is 2.11. The van der Waals surface area contributed by atoms with E-state index in [1.807, 2.05) is 0 Å². The Labute approximate surface area is 116 Å². The highest BCUT2D eigenvalue weighted by molar-refractivity contribution is 9.10. The van der Waals surface area contributed by atoms with Crippen molar-refractivity contribution < 1.29 is 13.2 Å². The maximum atomic E-state index is 13.5. The normalized spacial score (nSPS) is 11.2. The van der Waals surface area contributed by atoms with Gasteiger partial charge in [-0.05, 0) is 12.1 Å². The van der Waals surface area contributed by atoms with E-state index in [1.54, 1.807) is 12.1 Å². The SMILES string of the molecule is Fc1cccc(Br)c1CNCc1nccn1C(F)F. The lowest BCUT2D eigenvalue weighted by atomic mass is 10.2. The number of benzene rings is 1. The van der Waals surface area contributed by atoms with E-state index in [9.17, 15) is 13.2 Å². The Balaban J connectivity index is 1.99. The summed E-state index contributed by atoms with van der Waals surface area (Å²) < 4.78 is 40.1. The minimum absolute atomic E-state index is 0.137. The summed E-state index contributed by atoms with van der Waals surface area (Å²) >= 11 is 3.24. The topological polar surface area (TPSA) is 29.9 Å². The molecule has 0 aliphatic heterocycles. The molecule has 0 saturated carbocycles. The number of alkyl halides is 2. The second kappa shape index (κ2) is 6.21. The number of hydrogen-bond donors (Lipinski definition) is 1. The predicted molar refractivity (Wildman–Crippen MR) is 68.1 cm³/mol. The first-order valence-corrected chi connectivity index (χ1v) is 6.32. The molecule has 0 radical (unpaired) electrons. The lowest BCUT2D eigenvalue weighted by molar-refractivity contribution is 0.0666. The number of nitrogens with zero attached hydrogens (tertiary/aromatic N) is 2. The summed E-state index contributed by atoms with van der Waals surface area (Å²) in [5, 5.41) is 2.89. The van der Waals surface area contributed by atoms with Crippen molar-refractivity contribution in [1.29, 1.82) is 0 Å². The molecule has 7 heteroatoms. The van der Waals surface area contributed by atoms with E-state index in [0.717, 1.165) is 4.57 Å². The van der Waals surface area contributed by atoms with E-state index in [4.69, 9.17) is 0 Å². The molecule has 102 valence electrons. The van der Waals surface area contributed by atoms with E-state index >= 15 is 0 Å². The van der Waals surface area contributed by atoms with Crippen LogP contribution in [0.3, 0.4) is 0 Å². The van der Waals surface area contributed by atoms with Crippen LogP contribution >= 0.6 is 15.9 Å². The fraction of sp³-hybridized carbons (Fsp3) is 0.250. The van der Waals surface area contributed by atoms with Crippen LogP contribution in [0.15, 0.2) is 35.1 Å². The molecule has 0 saturated heterocycles. The van der Waals surface area contributed by atoms with Gasteiger partial charge >= 0.3 is 6.55 Å². The first kappa shape index (κ1) is 14.1. The summed E-state index contributed by atoms with van der Waals surface area (Å²) in [6, 6.07) is 4.66. The van der Waals surface area contributed by atoms with E-state index < -0.39 is 6.55 Å². The summed E-state index contributed by atoms with van der Waals surface area (Å²) in [4.78, 5) is 3.83. The molecule has 3 nitrogen and oxygen atoms in total. The molecule has 0 fully saturated rings. The van der Waals surface area contributed by atoms with Gasteiger partial charge in [0.1, 0.15) is 11.6 Å². The molecule has 0 aliphatic carbocycles. The van der Waals surface area contributed by atoms with Gasteiger partial charge in [0.2, 0.25) is 0 Å². The van der Waals surface area contributed by atoms with Gasteiger partial charge in [-0.15, -0.1) is 0 Å². The number of rotatable bonds is 5. The molecule has 2 rings (SSSR count). The van der Waals surface area contributed by atoms with Crippen LogP contribution in [-0.4, -0.2) is 9.55 Å². The van der Waals surface area contributed by atoms with Gasteiger partial charge in [0.25, 0.3) is 0 Å². The number of imidazole rings is 1. The maximum absolute atomic E-state index is 13.5. The van der Waals surface area contributed by atoms with Crippen LogP contribution in [-0.2, 0) is 13.1 Å². The number of aromatic nitrogens is 2. The molecule has 0 amide bonds. The Kier molecular flexibility index (Phi) is 4.60. The van der Waals surface area contributed by atoms with Gasteiger partial charge in [0, 0.05) is 29.0 Å².